The number of aromatic nitrogens is 2. The van der Waals surface area contributed by atoms with Gasteiger partial charge >= 0.3 is 6.03 Å². The van der Waals surface area contributed by atoms with Gasteiger partial charge < -0.3 is 9.64 Å². The maximum absolute atomic E-state index is 12.5. The smallest absolute Gasteiger partial charge is 0.323 e. The van der Waals surface area contributed by atoms with E-state index in [1.54, 1.807) is 16.6 Å². The second kappa shape index (κ2) is 6.00. The molecule has 0 saturated heterocycles. The highest BCUT2D eigenvalue weighted by Gasteiger charge is 2.20. The number of benzene rings is 1. The molecule has 0 fully saturated rings. The molecule has 0 radical (unpaired) electrons. The maximum atomic E-state index is 12.5. The number of carbonyl (C=O) groups is 1. The van der Waals surface area contributed by atoms with E-state index in [9.17, 15) is 4.79 Å². The summed E-state index contributed by atoms with van der Waals surface area (Å²) in [5, 5.41) is 7.12. The van der Waals surface area contributed by atoms with E-state index in [0.29, 0.717) is 25.5 Å². The van der Waals surface area contributed by atoms with Crippen molar-refractivity contribution in [2.75, 3.05) is 18.5 Å². The fraction of sp³-hybridized carbons (Fsp3) is 0.333. The van der Waals surface area contributed by atoms with Gasteiger partial charge in [0.15, 0.2) is 0 Å². The molecule has 1 N–H and O–H groups in total. The molecule has 1 aliphatic heterocycles. The van der Waals surface area contributed by atoms with Crippen LogP contribution in [0.5, 0.6) is 5.75 Å². The van der Waals surface area contributed by atoms with Crippen LogP contribution in [-0.4, -0.2) is 33.9 Å². The van der Waals surface area contributed by atoms with Crippen molar-refractivity contribution in [2.24, 2.45) is 7.05 Å². The minimum absolute atomic E-state index is 0.151. The largest absolute Gasteiger partial charge is 0.491 e. The van der Waals surface area contributed by atoms with Crippen LogP contribution in [-0.2, 0) is 13.6 Å². The summed E-state index contributed by atoms with van der Waals surface area (Å²) in [6.45, 7) is 3.42. The van der Waals surface area contributed by atoms with Crippen molar-refractivity contribution in [3.05, 3.63) is 40.0 Å². The molecule has 22 heavy (non-hydrogen) atoms. The first-order chi connectivity index (χ1) is 10.5. The molecular weight excluding hydrogens is 348 g/mol. The predicted molar refractivity (Wildman–Crippen MR) is 87.0 cm³/mol. The summed E-state index contributed by atoms with van der Waals surface area (Å²) in [7, 11) is 1.81. The number of rotatable bonds is 1. The lowest BCUT2D eigenvalue weighted by atomic mass is 10.2. The van der Waals surface area contributed by atoms with E-state index in [1.807, 2.05) is 31.2 Å². The lowest BCUT2D eigenvalue weighted by Gasteiger charge is -2.20. The van der Waals surface area contributed by atoms with Crippen LogP contribution in [0.25, 0.3) is 0 Å². The van der Waals surface area contributed by atoms with Crippen molar-refractivity contribution in [2.45, 2.75) is 13.5 Å². The highest BCUT2D eigenvalue weighted by molar-refractivity contribution is 9.10. The third-order valence-electron chi connectivity index (χ3n) is 3.53. The lowest BCUT2D eigenvalue weighted by Crippen LogP contribution is -2.36. The molecule has 0 atom stereocenters. The molecule has 2 amide bonds. The van der Waals surface area contributed by atoms with E-state index >= 15 is 0 Å². The van der Waals surface area contributed by atoms with Crippen LogP contribution in [0.1, 0.15) is 11.3 Å². The number of hydrogen-bond donors (Lipinski definition) is 1. The molecule has 116 valence electrons. The summed E-state index contributed by atoms with van der Waals surface area (Å²) < 4.78 is 8.34. The molecule has 0 aliphatic carbocycles. The van der Waals surface area contributed by atoms with Crippen molar-refractivity contribution < 1.29 is 9.53 Å². The highest BCUT2D eigenvalue weighted by Crippen LogP contribution is 2.27. The summed E-state index contributed by atoms with van der Waals surface area (Å²) >= 11 is 3.43. The molecule has 1 aliphatic rings. The van der Waals surface area contributed by atoms with Crippen molar-refractivity contribution in [1.82, 2.24) is 14.7 Å². The Kier molecular flexibility index (Phi) is 4.06. The topological polar surface area (TPSA) is 59.4 Å². The molecule has 2 heterocycles. The first-order valence-corrected chi connectivity index (χ1v) is 7.80. The predicted octanol–water partition coefficient (Wildman–Crippen LogP) is 2.92. The fourth-order valence-electron chi connectivity index (χ4n) is 2.43. The average Bonchev–Trinajstić information content (AvgIpc) is 2.68. The number of nitrogens with one attached hydrogen (secondary N) is 1. The second-order valence-electron chi connectivity index (χ2n) is 5.25. The van der Waals surface area contributed by atoms with E-state index in [0.717, 1.165) is 21.5 Å². The average molecular weight is 365 g/mol. The first-order valence-electron chi connectivity index (χ1n) is 7.01. The Bertz CT molecular complexity index is 714. The van der Waals surface area contributed by atoms with Gasteiger partial charge in [-0.1, -0.05) is 22.0 Å². The number of amides is 2. The van der Waals surface area contributed by atoms with Gasteiger partial charge in [0.25, 0.3) is 0 Å². The monoisotopic (exact) mass is 364 g/mol. The maximum Gasteiger partial charge on any atom is 0.323 e. The number of halogens is 1. The van der Waals surface area contributed by atoms with Crippen molar-refractivity contribution in [3.8, 4) is 5.75 Å². The van der Waals surface area contributed by atoms with Gasteiger partial charge in [0.05, 0.1) is 18.8 Å². The number of nitrogens with zero attached hydrogens (tertiary/aromatic N) is 3. The quantitative estimate of drug-likeness (QED) is 0.846. The van der Waals surface area contributed by atoms with Crippen LogP contribution in [0, 0.1) is 6.92 Å². The zero-order chi connectivity index (χ0) is 15.7. The Morgan fingerprint density at radius 2 is 2.23 bits per heavy atom. The molecular formula is C15H17BrN4O2. The highest BCUT2D eigenvalue weighted by atomic mass is 79.9. The Morgan fingerprint density at radius 1 is 1.41 bits per heavy atom. The van der Waals surface area contributed by atoms with E-state index in [2.05, 4.69) is 26.3 Å². The number of anilines is 1. The second-order valence-corrected chi connectivity index (χ2v) is 6.16. The number of aryl methyl sites for hydroxylation is 2. The standard InChI is InChI=1S/C15H17BrN4O2/c1-10-7-14(19(2)18-10)17-15(21)20-5-6-22-13-8-12(16)4-3-11(13)9-20/h3-4,7-8H,5-6,9H2,1-2H3,(H,17,21). The Morgan fingerprint density at radius 3 is 2.95 bits per heavy atom. The third-order valence-corrected chi connectivity index (χ3v) is 4.03. The van der Waals surface area contributed by atoms with Crippen LogP contribution in [0.3, 0.4) is 0 Å². The van der Waals surface area contributed by atoms with Gasteiger partial charge in [0.1, 0.15) is 18.2 Å². The minimum Gasteiger partial charge on any atom is -0.491 e. The number of carbonyl (C=O) groups excluding carboxylic acids is 1. The number of fused-ring (bicyclic) bond motifs is 1. The Balaban J connectivity index is 1.76. The molecule has 0 unspecified atom stereocenters. The number of ether oxygens (including phenoxy) is 1. The van der Waals surface area contributed by atoms with Crippen LogP contribution in [0.4, 0.5) is 10.6 Å². The summed E-state index contributed by atoms with van der Waals surface area (Å²) in [6, 6.07) is 7.55. The molecule has 6 nitrogen and oxygen atoms in total. The SMILES string of the molecule is Cc1cc(NC(=O)N2CCOc3cc(Br)ccc3C2)n(C)n1. The van der Waals surface area contributed by atoms with Crippen molar-refractivity contribution in [1.29, 1.82) is 0 Å². The molecule has 0 spiro atoms. The summed E-state index contributed by atoms with van der Waals surface area (Å²) in [6.07, 6.45) is 0. The zero-order valence-corrected chi connectivity index (χ0v) is 14.1. The van der Waals surface area contributed by atoms with Gasteiger partial charge in [-0.05, 0) is 19.1 Å². The summed E-state index contributed by atoms with van der Waals surface area (Å²) in [4.78, 5) is 14.2. The molecule has 1 aromatic carbocycles. The molecule has 0 saturated carbocycles. The fourth-order valence-corrected chi connectivity index (χ4v) is 2.77. The summed E-state index contributed by atoms with van der Waals surface area (Å²) in [5.74, 6) is 1.50. The number of urea groups is 1. The van der Waals surface area contributed by atoms with Crippen LogP contribution < -0.4 is 10.1 Å². The third kappa shape index (κ3) is 3.09. The first kappa shape index (κ1) is 14.9. The number of hydrogen-bond acceptors (Lipinski definition) is 3. The van der Waals surface area contributed by atoms with Crippen LogP contribution in [0.15, 0.2) is 28.7 Å². The van der Waals surface area contributed by atoms with Crippen molar-refractivity contribution in [3.63, 3.8) is 0 Å². The van der Waals surface area contributed by atoms with Crippen molar-refractivity contribution >= 4 is 27.8 Å². The van der Waals surface area contributed by atoms with Gasteiger partial charge in [-0.25, -0.2) is 4.79 Å². The van der Waals surface area contributed by atoms with Gasteiger partial charge in [-0.15, -0.1) is 0 Å². The molecule has 3 rings (SSSR count). The van der Waals surface area contributed by atoms with E-state index in [1.165, 1.54) is 0 Å². The molecule has 1 aromatic heterocycles. The van der Waals surface area contributed by atoms with Gasteiger partial charge in [-0.3, -0.25) is 10.00 Å². The van der Waals surface area contributed by atoms with E-state index in [4.69, 9.17) is 4.74 Å². The van der Waals surface area contributed by atoms with Gasteiger partial charge in [0.2, 0.25) is 0 Å². The molecule has 0 bridgehead atoms. The minimum atomic E-state index is -0.151. The molecule has 2 aromatic rings. The van der Waals surface area contributed by atoms with Crippen LogP contribution in [0.2, 0.25) is 0 Å². The van der Waals surface area contributed by atoms with E-state index < -0.39 is 0 Å². The summed E-state index contributed by atoms with van der Waals surface area (Å²) in [5.41, 5.74) is 1.87. The van der Waals surface area contributed by atoms with Gasteiger partial charge in [-0.2, -0.15) is 5.10 Å². The Labute approximate surface area is 137 Å². The van der Waals surface area contributed by atoms with Gasteiger partial charge in [0, 0.05) is 23.2 Å². The van der Waals surface area contributed by atoms with E-state index in [-0.39, 0.29) is 6.03 Å². The normalized spacial score (nSPS) is 14.0. The van der Waals surface area contributed by atoms with Crippen LogP contribution >= 0.6 is 15.9 Å². The zero-order valence-electron chi connectivity index (χ0n) is 12.5. The lowest BCUT2D eigenvalue weighted by molar-refractivity contribution is 0.200. The molecule has 7 heteroatoms. The Hall–Kier alpha value is -2.02.